The topological polar surface area (TPSA) is 75.6 Å². The summed E-state index contributed by atoms with van der Waals surface area (Å²) in [6.07, 6.45) is -3.31. The largest absolute Gasteiger partial charge is 0.494 e. The SMILES string of the molecule is O=C(CCCOc1ccccc1)NC(CC(F)F)C(=O)O. The van der Waals surface area contributed by atoms with E-state index in [0.717, 1.165) is 0 Å². The average molecular weight is 301 g/mol. The van der Waals surface area contributed by atoms with Crippen LogP contribution in [-0.4, -0.2) is 36.1 Å². The van der Waals surface area contributed by atoms with Gasteiger partial charge in [0.05, 0.1) is 6.61 Å². The highest BCUT2D eigenvalue weighted by molar-refractivity contribution is 5.83. The van der Waals surface area contributed by atoms with Crippen LogP contribution in [0.25, 0.3) is 0 Å². The first-order chi connectivity index (χ1) is 9.99. The smallest absolute Gasteiger partial charge is 0.326 e. The number of carbonyl (C=O) groups excluding carboxylic acids is 1. The van der Waals surface area contributed by atoms with Gasteiger partial charge in [-0.2, -0.15) is 0 Å². The summed E-state index contributed by atoms with van der Waals surface area (Å²) in [6, 6.07) is 7.43. The molecule has 0 heterocycles. The molecule has 5 nitrogen and oxygen atoms in total. The number of hydrogen-bond acceptors (Lipinski definition) is 3. The number of para-hydroxylation sites is 1. The van der Waals surface area contributed by atoms with Crippen LogP contribution in [0, 0.1) is 0 Å². The van der Waals surface area contributed by atoms with Gasteiger partial charge >= 0.3 is 5.97 Å². The zero-order chi connectivity index (χ0) is 15.7. The molecule has 0 fully saturated rings. The Morgan fingerprint density at radius 2 is 1.90 bits per heavy atom. The van der Waals surface area contributed by atoms with Crippen LogP contribution < -0.4 is 10.1 Å². The van der Waals surface area contributed by atoms with Crippen molar-refractivity contribution in [1.82, 2.24) is 5.32 Å². The maximum Gasteiger partial charge on any atom is 0.326 e. The lowest BCUT2D eigenvalue weighted by Gasteiger charge is -2.14. The summed E-state index contributed by atoms with van der Waals surface area (Å²) in [5.74, 6) is -1.39. The van der Waals surface area contributed by atoms with Crippen molar-refractivity contribution in [3.05, 3.63) is 30.3 Å². The van der Waals surface area contributed by atoms with E-state index in [-0.39, 0.29) is 13.0 Å². The number of aliphatic carboxylic acids is 1. The zero-order valence-electron chi connectivity index (χ0n) is 11.3. The van der Waals surface area contributed by atoms with E-state index in [1.807, 2.05) is 18.2 Å². The third kappa shape index (κ3) is 7.24. The molecule has 0 bridgehead atoms. The quantitative estimate of drug-likeness (QED) is 0.685. The molecule has 7 heteroatoms. The molecular weight excluding hydrogens is 284 g/mol. The average Bonchev–Trinajstić information content (AvgIpc) is 2.43. The van der Waals surface area contributed by atoms with Crippen LogP contribution in [0.3, 0.4) is 0 Å². The van der Waals surface area contributed by atoms with Crippen LogP contribution in [0.4, 0.5) is 8.78 Å². The summed E-state index contributed by atoms with van der Waals surface area (Å²) < 4.78 is 29.7. The number of ether oxygens (including phenoxy) is 1. The van der Waals surface area contributed by atoms with E-state index in [1.54, 1.807) is 12.1 Å². The first-order valence-corrected chi connectivity index (χ1v) is 6.47. The summed E-state index contributed by atoms with van der Waals surface area (Å²) in [6.45, 7) is 0.282. The monoisotopic (exact) mass is 301 g/mol. The van der Waals surface area contributed by atoms with Gasteiger partial charge in [0.25, 0.3) is 0 Å². The van der Waals surface area contributed by atoms with Crippen LogP contribution in [0.2, 0.25) is 0 Å². The van der Waals surface area contributed by atoms with E-state index in [0.29, 0.717) is 12.2 Å². The number of alkyl halides is 2. The summed E-state index contributed by atoms with van der Waals surface area (Å²) in [4.78, 5) is 22.2. The van der Waals surface area contributed by atoms with Crippen LogP contribution >= 0.6 is 0 Å². The predicted molar refractivity (Wildman–Crippen MR) is 71.4 cm³/mol. The first kappa shape index (κ1) is 16.9. The number of halogens is 2. The first-order valence-electron chi connectivity index (χ1n) is 6.47. The van der Waals surface area contributed by atoms with Gasteiger partial charge in [-0.15, -0.1) is 0 Å². The van der Waals surface area contributed by atoms with Crippen molar-refractivity contribution in [3.8, 4) is 5.75 Å². The Kier molecular flexibility index (Phi) is 7.14. The van der Waals surface area contributed by atoms with E-state index in [4.69, 9.17) is 9.84 Å². The molecule has 1 atom stereocenters. The summed E-state index contributed by atoms with van der Waals surface area (Å²) >= 11 is 0. The Morgan fingerprint density at radius 1 is 1.24 bits per heavy atom. The fraction of sp³-hybridized carbons (Fsp3) is 0.429. The van der Waals surface area contributed by atoms with E-state index >= 15 is 0 Å². The van der Waals surface area contributed by atoms with Gasteiger partial charge in [-0.3, -0.25) is 4.79 Å². The highest BCUT2D eigenvalue weighted by Crippen LogP contribution is 2.09. The molecule has 0 aliphatic carbocycles. The molecule has 0 radical (unpaired) electrons. The minimum Gasteiger partial charge on any atom is -0.494 e. The Morgan fingerprint density at radius 3 is 2.48 bits per heavy atom. The molecule has 0 aromatic heterocycles. The molecule has 0 saturated heterocycles. The van der Waals surface area contributed by atoms with Crippen molar-refractivity contribution in [1.29, 1.82) is 0 Å². The Balaban J connectivity index is 2.25. The number of amides is 1. The highest BCUT2D eigenvalue weighted by Gasteiger charge is 2.23. The number of hydrogen-bond donors (Lipinski definition) is 2. The predicted octanol–water partition coefficient (Wildman–Crippen LogP) is 2.07. The van der Waals surface area contributed by atoms with Gasteiger partial charge in [0.1, 0.15) is 11.8 Å². The summed E-state index contributed by atoms with van der Waals surface area (Å²) in [5.41, 5.74) is 0. The van der Waals surface area contributed by atoms with Crippen molar-refractivity contribution < 1.29 is 28.2 Å². The second-order valence-corrected chi connectivity index (χ2v) is 4.35. The highest BCUT2D eigenvalue weighted by atomic mass is 19.3. The molecule has 0 aliphatic heterocycles. The molecule has 1 aromatic rings. The molecule has 0 aliphatic rings. The molecule has 0 saturated carbocycles. The second kappa shape index (κ2) is 8.89. The van der Waals surface area contributed by atoms with Crippen LogP contribution in [0.1, 0.15) is 19.3 Å². The van der Waals surface area contributed by atoms with Gasteiger partial charge in [-0.25, -0.2) is 13.6 Å². The number of nitrogens with one attached hydrogen (secondary N) is 1. The third-order valence-electron chi connectivity index (χ3n) is 2.61. The van der Waals surface area contributed by atoms with Gasteiger partial charge in [-0.1, -0.05) is 18.2 Å². The van der Waals surface area contributed by atoms with Crippen molar-refractivity contribution >= 4 is 11.9 Å². The van der Waals surface area contributed by atoms with E-state index in [1.165, 1.54) is 0 Å². The zero-order valence-corrected chi connectivity index (χ0v) is 11.3. The number of carboxylic acid groups (broad SMARTS) is 1. The number of benzene rings is 1. The molecule has 1 aromatic carbocycles. The minimum absolute atomic E-state index is 0.0137. The lowest BCUT2D eigenvalue weighted by Crippen LogP contribution is -2.42. The van der Waals surface area contributed by atoms with Crippen LogP contribution in [0.15, 0.2) is 30.3 Å². The van der Waals surface area contributed by atoms with Gasteiger partial charge in [0.2, 0.25) is 12.3 Å². The Labute approximate surface area is 120 Å². The molecule has 1 unspecified atom stereocenters. The van der Waals surface area contributed by atoms with Crippen molar-refractivity contribution in [2.45, 2.75) is 31.7 Å². The molecule has 0 spiro atoms. The van der Waals surface area contributed by atoms with E-state index < -0.39 is 30.8 Å². The molecule has 1 amide bonds. The minimum atomic E-state index is -2.78. The lowest BCUT2D eigenvalue weighted by atomic mass is 10.2. The lowest BCUT2D eigenvalue weighted by molar-refractivity contribution is -0.143. The summed E-state index contributed by atoms with van der Waals surface area (Å²) in [5, 5.41) is 10.8. The standard InChI is InChI=1S/C14H17F2NO4/c15-12(16)9-11(14(19)20)17-13(18)7-4-8-21-10-5-2-1-3-6-10/h1-3,5-6,11-12H,4,7-9H2,(H,17,18)(H,19,20). The van der Waals surface area contributed by atoms with E-state index in [2.05, 4.69) is 5.32 Å². The van der Waals surface area contributed by atoms with Gasteiger partial charge < -0.3 is 15.2 Å². The van der Waals surface area contributed by atoms with Crippen molar-refractivity contribution in [2.75, 3.05) is 6.61 Å². The maximum absolute atomic E-state index is 12.2. The van der Waals surface area contributed by atoms with E-state index in [9.17, 15) is 18.4 Å². The van der Waals surface area contributed by atoms with Gasteiger partial charge in [0.15, 0.2) is 0 Å². The van der Waals surface area contributed by atoms with Crippen LogP contribution in [0.5, 0.6) is 5.75 Å². The molecule has 21 heavy (non-hydrogen) atoms. The molecular formula is C14H17F2NO4. The van der Waals surface area contributed by atoms with Crippen molar-refractivity contribution in [2.24, 2.45) is 0 Å². The van der Waals surface area contributed by atoms with Gasteiger partial charge in [0, 0.05) is 12.8 Å². The fourth-order valence-electron chi connectivity index (χ4n) is 1.61. The fourth-order valence-corrected chi connectivity index (χ4v) is 1.61. The molecule has 116 valence electrons. The second-order valence-electron chi connectivity index (χ2n) is 4.35. The maximum atomic E-state index is 12.2. The number of carboxylic acids is 1. The Bertz CT molecular complexity index is 454. The van der Waals surface area contributed by atoms with Crippen LogP contribution in [-0.2, 0) is 9.59 Å². The van der Waals surface area contributed by atoms with Gasteiger partial charge in [-0.05, 0) is 18.6 Å². The third-order valence-corrected chi connectivity index (χ3v) is 2.61. The number of rotatable bonds is 9. The number of carbonyl (C=O) groups is 2. The molecule has 2 N–H and O–H groups in total. The Hall–Kier alpha value is -2.18. The van der Waals surface area contributed by atoms with Crippen molar-refractivity contribution in [3.63, 3.8) is 0 Å². The summed E-state index contributed by atoms with van der Waals surface area (Å²) in [7, 11) is 0. The molecule has 1 rings (SSSR count). The normalized spacial score (nSPS) is 12.0.